The minimum Gasteiger partial charge on any atom is -0.368 e. The minimum absolute atomic E-state index is 0.0163. The Bertz CT molecular complexity index is 656. The van der Waals surface area contributed by atoms with E-state index in [1.54, 1.807) is 0 Å². The fraction of sp³-hybridized carbons (Fsp3) is 0.316. The number of rotatable bonds is 2. The molecule has 2 amide bonds. The van der Waals surface area contributed by atoms with Crippen molar-refractivity contribution in [2.45, 2.75) is 13.8 Å². The van der Waals surface area contributed by atoms with Crippen molar-refractivity contribution in [2.75, 3.05) is 36.4 Å². The highest BCUT2D eigenvalue weighted by atomic mass is 16.2. The lowest BCUT2D eigenvalue weighted by molar-refractivity contribution is 0.208. The largest absolute Gasteiger partial charge is 0.368 e. The van der Waals surface area contributed by atoms with Crippen LogP contribution in [0.25, 0.3) is 0 Å². The number of anilines is 2. The number of hydrogen-bond donors (Lipinski definition) is 1. The Balaban J connectivity index is 1.61. The van der Waals surface area contributed by atoms with Crippen molar-refractivity contribution in [3.63, 3.8) is 0 Å². The molecule has 1 N–H and O–H groups in total. The summed E-state index contributed by atoms with van der Waals surface area (Å²) in [6.45, 7) is 7.52. The van der Waals surface area contributed by atoms with Crippen molar-refractivity contribution < 1.29 is 4.79 Å². The predicted molar refractivity (Wildman–Crippen MR) is 95.2 cm³/mol. The highest BCUT2D eigenvalue weighted by molar-refractivity contribution is 5.89. The predicted octanol–water partition coefficient (Wildman–Crippen LogP) is 3.66. The molecule has 0 saturated carbocycles. The van der Waals surface area contributed by atoms with Gasteiger partial charge in [0.1, 0.15) is 0 Å². The summed E-state index contributed by atoms with van der Waals surface area (Å²) in [6.07, 6.45) is 0. The molecule has 4 nitrogen and oxygen atoms in total. The Morgan fingerprint density at radius 2 is 1.48 bits per heavy atom. The summed E-state index contributed by atoms with van der Waals surface area (Å²) in [6, 6.07) is 16.0. The molecule has 0 unspecified atom stereocenters. The van der Waals surface area contributed by atoms with Gasteiger partial charge in [-0.15, -0.1) is 0 Å². The number of piperazine rings is 1. The van der Waals surface area contributed by atoms with E-state index in [2.05, 4.69) is 42.3 Å². The van der Waals surface area contributed by atoms with Crippen LogP contribution in [0.4, 0.5) is 16.2 Å². The van der Waals surface area contributed by atoms with Crippen LogP contribution < -0.4 is 10.2 Å². The number of benzene rings is 2. The van der Waals surface area contributed by atoms with E-state index < -0.39 is 0 Å². The van der Waals surface area contributed by atoms with E-state index >= 15 is 0 Å². The van der Waals surface area contributed by atoms with Crippen LogP contribution in [0.15, 0.2) is 48.5 Å². The Hall–Kier alpha value is -2.49. The average molecular weight is 309 g/mol. The highest BCUT2D eigenvalue weighted by Crippen LogP contribution is 2.25. The number of nitrogens with one attached hydrogen (secondary N) is 1. The zero-order valence-corrected chi connectivity index (χ0v) is 13.7. The second-order valence-corrected chi connectivity index (χ2v) is 6.01. The summed E-state index contributed by atoms with van der Waals surface area (Å²) >= 11 is 0. The molecule has 120 valence electrons. The van der Waals surface area contributed by atoms with Gasteiger partial charge in [0.05, 0.1) is 0 Å². The monoisotopic (exact) mass is 309 g/mol. The molecule has 0 spiro atoms. The van der Waals surface area contributed by atoms with Crippen molar-refractivity contribution in [3.8, 4) is 0 Å². The van der Waals surface area contributed by atoms with E-state index in [9.17, 15) is 4.79 Å². The number of nitrogens with zero attached hydrogens (tertiary/aromatic N) is 2. The van der Waals surface area contributed by atoms with Crippen LogP contribution in [-0.4, -0.2) is 37.1 Å². The van der Waals surface area contributed by atoms with Crippen LogP contribution in [0.3, 0.4) is 0 Å². The van der Waals surface area contributed by atoms with E-state index in [0.29, 0.717) is 0 Å². The van der Waals surface area contributed by atoms with E-state index in [0.717, 1.165) is 31.9 Å². The maximum Gasteiger partial charge on any atom is 0.321 e. The Morgan fingerprint density at radius 1 is 0.870 bits per heavy atom. The van der Waals surface area contributed by atoms with Crippen LogP contribution in [0.1, 0.15) is 11.1 Å². The summed E-state index contributed by atoms with van der Waals surface area (Å²) in [7, 11) is 0. The van der Waals surface area contributed by atoms with E-state index in [1.807, 2.05) is 35.2 Å². The zero-order chi connectivity index (χ0) is 16.2. The molecule has 0 bridgehead atoms. The van der Waals surface area contributed by atoms with Crippen LogP contribution in [0, 0.1) is 13.8 Å². The smallest absolute Gasteiger partial charge is 0.321 e. The standard InChI is InChI=1S/C19H23N3O/c1-15-7-6-8-16(2)18(15)21-11-13-22(14-12-21)19(23)20-17-9-4-3-5-10-17/h3-10H,11-14H2,1-2H3,(H,20,23). The minimum atomic E-state index is -0.0163. The first-order valence-electron chi connectivity index (χ1n) is 8.07. The first-order valence-corrected chi connectivity index (χ1v) is 8.07. The third-order valence-electron chi connectivity index (χ3n) is 4.35. The number of amides is 2. The normalized spacial score (nSPS) is 14.7. The van der Waals surface area contributed by atoms with Crippen molar-refractivity contribution in [1.82, 2.24) is 4.90 Å². The fourth-order valence-electron chi connectivity index (χ4n) is 3.16. The van der Waals surface area contributed by atoms with Crippen molar-refractivity contribution in [3.05, 3.63) is 59.7 Å². The topological polar surface area (TPSA) is 35.6 Å². The van der Waals surface area contributed by atoms with Gasteiger partial charge in [0.15, 0.2) is 0 Å². The van der Waals surface area contributed by atoms with E-state index in [1.165, 1.54) is 16.8 Å². The summed E-state index contributed by atoms with van der Waals surface area (Å²) < 4.78 is 0. The summed E-state index contributed by atoms with van der Waals surface area (Å²) in [5, 5.41) is 2.96. The van der Waals surface area contributed by atoms with Crippen LogP contribution >= 0.6 is 0 Å². The molecule has 0 atom stereocenters. The Kier molecular flexibility index (Phi) is 4.51. The molecule has 1 saturated heterocycles. The van der Waals surface area contributed by atoms with Gasteiger partial charge in [-0.3, -0.25) is 0 Å². The van der Waals surface area contributed by atoms with Crippen molar-refractivity contribution >= 4 is 17.4 Å². The first-order chi connectivity index (χ1) is 11.1. The maximum absolute atomic E-state index is 12.3. The van der Waals surface area contributed by atoms with Gasteiger partial charge in [0.25, 0.3) is 0 Å². The summed E-state index contributed by atoms with van der Waals surface area (Å²) in [5.41, 5.74) is 4.75. The molecule has 0 aromatic heterocycles. The van der Waals surface area contributed by atoms with Crippen molar-refractivity contribution in [1.29, 1.82) is 0 Å². The molecule has 2 aromatic carbocycles. The highest BCUT2D eigenvalue weighted by Gasteiger charge is 2.22. The van der Waals surface area contributed by atoms with Gasteiger partial charge in [-0.2, -0.15) is 0 Å². The molecule has 0 aliphatic carbocycles. The summed E-state index contributed by atoms with van der Waals surface area (Å²) in [4.78, 5) is 16.6. The van der Waals surface area contributed by atoms with E-state index in [-0.39, 0.29) is 6.03 Å². The van der Waals surface area contributed by atoms with Gasteiger partial charge >= 0.3 is 6.03 Å². The molecule has 3 rings (SSSR count). The van der Waals surface area contributed by atoms with Crippen LogP contribution in [0.5, 0.6) is 0 Å². The van der Waals surface area contributed by atoms with Gasteiger partial charge in [0.2, 0.25) is 0 Å². The third-order valence-corrected chi connectivity index (χ3v) is 4.35. The number of carbonyl (C=O) groups is 1. The van der Waals surface area contributed by atoms with E-state index in [4.69, 9.17) is 0 Å². The lowest BCUT2D eigenvalue weighted by Crippen LogP contribution is -2.50. The maximum atomic E-state index is 12.3. The second kappa shape index (κ2) is 6.73. The molecule has 1 heterocycles. The number of aryl methyl sites for hydroxylation is 2. The molecule has 1 aliphatic heterocycles. The van der Waals surface area contributed by atoms with Gasteiger partial charge in [-0.1, -0.05) is 36.4 Å². The van der Waals surface area contributed by atoms with Crippen LogP contribution in [-0.2, 0) is 0 Å². The third kappa shape index (κ3) is 3.47. The van der Waals surface area contributed by atoms with Gasteiger partial charge in [0, 0.05) is 37.6 Å². The molecule has 4 heteroatoms. The number of urea groups is 1. The Morgan fingerprint density at radius 3 is 2.09 bits per heavy atom. The van der Waals surface area contributed by atoms with Gasteiger partial charge in [-0.05, 0) is 37.1 Å². The molecule has 0 radical (unpaired) electrons. The molecule has 2 aromatic rings. The zero-order valence-electron chi connectivity index (χ0n) is 13.7. The number of hydrogen-bond acceptors (Lipinski definition) is 2. The fourth-order valence-corrected chi connectivity index (χ4v) is 3.16. The lowest BCUT2D eigenvalue weighted by Gasteiger charge is -2.37. The molecule has 1 aliphatic rings. The SMILES string of the molecule is Cc1cccc(C)c1N1CCN(C(=O)Nc2ccccc2)CC1. The van der Waals surface area contributed by atoms with Crippen LogP contribution in [0.2, 0.25) is 0 Å². The number of para-hydroxylation sites is 2. The molecular formula is C19H23N3O. The van der Waals surface area contributed by atoms with Crippen molar-refractivity contribution in [2.24, 2.45) is 0 Å². The second-order valence-electron chi connectivity index (χ2n) is 6.01. The molecule has 23 heavy (non-hydrogen) atoms. The Labute approximate surface area is 137 Å². The summed E-state index contributed by atoms with van der Waals surface area (Å²) in [5.74, 6) is 0. The van der Waals surface area contributed by atoms with Gasteiger partial charge in [-0.25, -0.2) is 4.79 Å². The first kappa shape index (κ1) is 15.4. The molecular weight excluding hydrogens is 286 g/mol. The number of carbonyl (C=O) groups excluding carboxylic acids is 1. The molecule has 1 fully saturated rings. The quantitative estimate of drug-likeness (QED) is 0.919. The average Bonchev–Trinajstić information content (AvgIpc) is 2.56. The van der Waals surface area contributed by atoms with Gasteiger partial charge < -0.3 is 15.1 Å². The lowest BCUT2D eigenvalue weighted by atomic mass is 10.1.